The Morgan fingerprint density at radius 2 is 1.76 bits per heavy atom. The molecule has 1 heterocycles. The first-order chi connectivity index (χ1) is 8.00. The molecular weight excluding hydrogens is 222 g/mol. The third kappa shape index (κ3) is 2.31. The highest BCUT2D eigenvalue weighted by Crippen LogP contribution is 2.26. The summed E-state index contributed by atoms with van der Waals surface area (Å²) in [6.07, 6.45) is 2.58. The van der Waals surface area contributed by atoms with Crippen molar-refractivity contribution in [3.8, 4) is 0 Å². The molecule has 88 valence electrons. The molecule has 0 aliphatic heterocycles. The number of halogens is 2. The number of nitrogens with zero attached hydrogens (tertiary/aromatic N) is 1. The van der Waals surface area contributed by atoms with Crippen molar-refractivity contribution in [3.63, 3.8) is 0 Å². The summed E-state index contributed by atoms with van der Waals surface area (Å²) in [6, 6.07) is 7.25. The Bertz CT molecular complexity index is 491. The molecule has 0 saturated carbocycles. The molecule has 0 spiro atoms. The summed E-state index contributed by atoms with van der Waals surface area (Å²) in [5, 5.41) is 0. The van der Waals surface area contributed by atoms with E-state index in [1.54, 1.807) is 19.1 Å². The van der Waals surface area contributed by atoms with Gasteiger partial charge in [0, 0.05) is 6.20 Å². The summed E-state index contributed by atoms with van der Waals surface area (Å²) < 4.78 is 26.2. The number of hydrogen-bond donors (Lipinski definition) is 1. The van der Waals surface area contributed by atoms with Gasteiger partial charge in [0.1, 0.15) is 11.6 Å². The van der Waals surface area contributed by atoms with Gasteiger partial charge in [0.15, 0.2) is 0 Å². The third-order valence-corrected chi connectivity index (χ3v) is 2.73. The van der Waals surface area contributed by atoms with Gasteiger partial charge in [-0.15, -0.1) is 0 Å². The van der Waals surface area contributed by atoms with Crippen LogP contribution in [0.4, 0.5) is 8.78 Å². The molecule has 2 nitrogen and oxygen atoms in total. The lowest BCUT2D eigenvalue weighted by Crippen LogP contribution is -2.34. The van der Waals surface area contributed by atoms with Crippen molar-refractivity contribution < 1.29 is 8.78 Å². The highest BCUT2D eigenvalue weighted by molar-refractivity contribution is 5.35. The predicted octanol–water partition coefficient (Wildman–Crippen LogP) is 2.58. The second kappa shape index (κ2) is 4.22. The summed E-state index contributed by atoms with van der Waals surface area (Å²) in [4.78, 5) is 3.75. The van der Waals surface area contributed by atoms with Crippen LogP contribution in [0.3, 0.4) is 0 Å². The van der Waals surface area contributed by atoms with Gasteiger partial charge in [-0.25, -0.2) is 8.78 Å². The first-order valence-corrected chi connectivity index (χ1v) is 5.16. The summed E-state index contributed by atoms with van der Waals surface area (Å²) in [7, 11) is 0. The van der Waals surface area contributed by atoms with Crippen LogP contribution < -0.4 is 5.73 Å². The first-order valence-electron chi connectivity index (χ1n) is 5.16. The van der Waals surface area contributed by atoms with E-state index >= 15 is 0 Å². The highest BCUT2D eigenvalue weighted by Gasteiger charge is 2.24. The molecule has 0 aliphatic rings. The zero-order chi connectivity index (χ0) is 12.5. The SMILES string of the molecule is CC(N)(c1cccc(F)c1)c1cncc(F)c1. The fourth-order valence-electron chi connectivity index (χ4n) is 1.67. The number of rotatable bonds is 2. The summed E-state index contributed by atoms with van der Waals surface area (Å²) in [5.41, 5.74) is 6.23. The Hall–Kier alpha value is -1.81. The van der Waals surface area contributed by atoms with Crippen LogP contribution in [-0.4, -0.2) is 4.98 Å². The molecule has 1 unspecified atom stereocenters. The fourth-order valence-corrected chi connectivity index (χ4v) is 1.67. The predicted molar refractivity (Wildman–Crippen MR) is 61.2 cm³/mol. The van der Waals surface area contributed by atoms with Crippen molar-refractivity contribution >= 4 is 0 Å². The van der Waals surface area contributed by atoms with E-state index < -0.39 is 11.4 Å². The van der Waals surface area contributed by atoms with Gasteiger partial charge in [0.2, 0.25) is 0 Å². The molecule has 0 amide bonds. The van der Waals surface area contributed by atoms with E-state index in [0.717, 1.165) is 6.20 Å². The standard InChI is InChI=1S/C13H12F2N2/c1-13(16,9-3-2-4-11(14)5-9)10-6-12(15)8-17-7-10/h2-8H,16H2,1H3. The van der Waals surface area contributed by atoms with Crippen LogP contribution in [0.25, 0.3) is 0 Å². The Balaban J connectivity index is 2.49. The lowest BCUT2D eigenvalue weighted by molar-refractivity contribution is 0.565. The van der Waals surface area contributed by atoms with Crippen LogP contribution in [-0.2, 0) is 5.54 Å². The van der Waals surface area contributed by atoms with Crippen molar-refractivity contribution in [2.45, 2.75) is 12.5 Å². The average molecular weight is 234 g/mol. The zero-order valence-corrected chi connectivity index (χ0v) is 9.32. The first kappa shape index (κ1) is 11.7. The van der Waals surface area contributed by atoms with Crippen LogP contribution in [0, 0.1) is 11.6 Å². The fraction of sp³-hybridized carbons (Fsp3) is 0.154. The van der Waals surface area contributed by atoms with Crippen molar-refractivity contribution in [1.82, 2.24) is 4.98 Å². The molecule has 17 heavy (non-hydrogen) atoms. The van der Waals surface area contributed by atoms with Crippen LogP contribution in [0.2, 0.25) is 0 Å². The molecule has 0 fully saturated rings. The van der Waals surface area contributed by atoms with E-state index in [-0.39, 0.29) is 5.82 Å². The quantitative estimate of drug-likeness (QED) is 0.867. The Morgan fingerprint density at radius 3 is 2.41 bits per heavy atom. The lowest BCUT2D eigenvalue weighted by Gasteiger charge is -2.25. The highest BCUT2D eigenvalue weighted by atomic mass is 19.1. The molecule has 2 rings (SSSR count). The maximum Gasteiger partial charge on any atom is 0.141 e. The van der Waals surface area contributed by atoms with Crippen molar-refractivity contribution in [2.24, 2.45) is 5.73 Å². The van der Waals surface area contributed by atoms with Gasteiger partial charge >= 0.3 is 0 Å². The molecular formula is C13H12F2N2. The Labute approximate surface area is 98.1 Å². The van der Waals surface area contributed by atoms with E-state index in [0.29, 0.717) is 11.1 Å². The maximum atomic E-state index is 13.1. The molecule has 2 N–H and O–H groups in total. The third-order valence-electron chi connectivity index (χ3n) is 2.73. The summed E-state index contributed by atoms with van der Waals surface area (Å²) >= 11 is 0. The minimum atomic E-state index is -0.975. The molecule has 0 radical (unpaired) electrons. The zero-order valence-electron chi connectivity index (χ0n) is 9.32. The van der Waals surface area contributed by atoms with Gasteiger partial charge in [-0.2, -0.15) is 0 Å². The molecule has 0 aliphatic carbocycles. The maximum absolute atomic E-state index is 13.1. The van der Waals surface area contributed by atoms with Crippen molar-refractivity contribution in [2.75, 3.05) is 0 Å². The second-order valence-electron chi connectivity index (χ2n) is 4.10. The molecule has 2 aromatic rings. The molecule has 1 atom stereocenters. The number of aromatic nitrogens is 1. The van der Waals surface area contributed by atoms with Gasteiger partial charge in [-0.3, -0.25) is 4.98 Å². The van der Waals surface area contributed by atoms with E-state index in [1.165, 1.54) is 24.4 Å². The van der Waals surface area contributed by atoms with Crippen molar-refractivity contribution in [3.05, 3.63) is 65.5 Å². The number of hydrogen-bond acceptors (Lipinski definition) is 2. The smallest absolute Gasteiger partial charge is 0.141 e. The van der Waals surface area contributed by atoms with Crippen LogP contribution in [0.15, 0.2) is 42.7 Å². The molecule has 1 aromatic heterocycles. The Kier molecular flexibility index (Phi) is 2.90. The normalized spacial score (nSPS) is 14.4. The number of pyridine rings is 1. The minimum absolute atomic E-state index is 0.372. The summed E-state index contributed by atoms with van der Waals surface area (Å²) in [5.74, 6) is -0.834. The van der Waals surface area contributed by atoms with Gasteiger partial charge in [0.05, 0.1) is 11.7 Å². The average Bonchev–Trinajstić information content (AvgIpc) is 2.29. The van der Waals surface area contributed by atoms with E-state index in [4.69, 9.17) is 5.73 Å². The number of benzene rings is 1. The van der Waals surface area contributed by atoms with Crippen LogP contribution in [0.1, 0.15) is 18.1 Å². The van der Waals surface area contributed by atoms with Gasteiger partial charge in [0.25, 0.3) is 0 Å². The minimum Gasteiger partial charge on any atom is -0.318 e. The van der Waals surface area contributed by atoms with Crippen molar-refractivity contribution in [1.29, 1.82) is 0 Å². The molecule has 0 saturated heterocycles. The molecule has 1 aromatic carbocycles. The second-order valence-corrected chi connectivity index (χ2v) is 4.10. The van der Waals surface area contributed by atoms with Crippen LogP contribution >= 0.6 is 0 Å². The topological polar surface area (TPSA) is 38.9 Å². The van der Waals surface area contributed by atoms with Gasteiger partial charge < -0.3 is 5.73 Å². The lowest BCUT2D eigenvalue weighted by atomic mass is 9.86. The summed E-state index contributed by atoms with van der Waals surface area (Å²) in [6.45, 7) is 1.69. The molecule has 4 heteroatoms. The number of nitrogens with two attached hydrogens (primary N) is 1. The van der Waals surface area contributed by atoms with Gasteiger partial charge in [-0.05, 0) is 36.2 Å². The van der Waals surface area contributed by atoms with E-state index in [1.807, 2.05) is 0 Å². The van der Waals surface area contributed by atoms with Gasteiger partial charge in [-0.1, -0.05) is 12.1 Å². The molecule has 0 bridgehead atoms. The Morgan fingerprint density at radius 1 is 1.06 bits per heavy atom. The van der Waals surface area contributed by atoms with Crippen LogP contribution in [0.5, 0.6) is 0 Å². The van der Waals surface area contributed by atoms with E-state index in [9.17, 15) is 8.78 Å². The largest absolute Gasteiger partial charge is 0.318 e. The van der Waals surface area contributed by atoms with E-state index in [2.05, 4.69) is 4.98 Å². The monoisotopic (exact) mass is 234 g/mol.